The van der Waals surface area contributed by atoms with Crippen molar-refractivity contribution in [2.24, 2.45) is 0 Å². The third-order valence-electron chi connectivity index (χ3n) is 1.97. The number of ether oxygens (including phenoxy) is 1. The highest BCUT2D eigenvalue weighted by atomic mass is 16.5. The Morgan fingerprint density at radius 3 is 2.44 bits per heavy atom. The number of rotatable bonds is 4. The largest absolute Gasteiger partial charge is 0.366 e. The van der Waals surface area contributed by atoms with Crippen LogP contribution in [0, 0.1) is 0 Å². The predicted molar refractivity (Wildman–Crippen MR) is 64.0 cm³/mol. The van der Waals surface area contributed by atoms with E-state index >= 15 is 0 Å². The van der Waals surface area contributed by atoms with Crippen molar-refractivity contribution in [1.29, 1.82) is 0 Å². The molecule has 3 heteroatoms. The first-order chi connectivity index (χ1) is 7.47. The first-order valence-electron chi connectivity index (χ1n) is 5.42. The number of hydrogen-bond acceptors (Lipinski definition) is 2. The molecule has 0 unspecified atom stereocenters. The number of nitrogens with one attached hydrogen (secondary N) is 1. The molecule has 1 aromatic carbocycles. The van der Waals surface area contributed by atoms with Gasteiger partial charge in [-0.3, -0.25) is 4.79 Å². The SMILES string of the molecule is CC(C)(C)OCC(=O)NCc1ccccc1. The van der Waals surface area contributed by atoms with E-state index < -0.39 is 0 Å². The maximum Gasteiger partial charge on any atom is 0.246 e. The van der Waals surface area contributed by atoms with Crippen LogP contribution in [-0.4, -0.2) is 18.1 Å². The summed E-state index contributed by atoms with van der Waals surface area (Å²) in [6, 6.07) is 9.81. The van der Waals surface area contributed by atoms with Crippen LogP contribution in [0.4, 0.5) is 0 Å². The lowest BCUT2D eigenvalue weighted by Crippen LogP contribution is -2.31. The number of hydrogen-bond donors (Lipinski definition) is 1. The van der Waals surface area contributed by atoms with Crippen LogP contribution in [0.5, 0.6) is 0 Å². The van der Waals surface area contributed by atoms with Gasteiger partial charge in [0.2, 0.25) is 5.91 Å². The van der Waals surface area contributed by atoms with Crippen LogP contribution >= 0.6 is 0 Å². The highest BCUT2D eigenvalue weighted by molar-refractivity contribution is 5.77. The third kappa shape index (κ3) is 5.51. The standard InChI is InChI=1S/C13H19NO2/c1-13(2,3)16-10-12(15)14-9-11-7-5-4-6-8-11/h4-8H,9-10H2,1-3H3,(H,14,15). The Hall–Kier alpha value is -1.35. The summed E-state index contributed by atoms with van der Waals surface area (Å²) in [5, 5.41) is 2.81. The van der Waals surface area contributed by atoms with Gasteiger partial charge < -0.3 is 10.1 Å². The van der Waals surface area contributed by atoms with Crippen LogP contribution in [0.3, 0.4) is 0 Å². The van der Waals surface area contributed by atoms with E-state index in [2.05, 4.69) is 5.32 Å². The number of benzene rings is 1. The molecule has 0 saturated carbocycles. The van der Waals surface area contributed by atoms with Gasteiger partial charge in [0.25, 0.3) is 0 Å². The molecule has 1 amide bonds. The van der Waals surface area contributed by atoms with Crippen molar-refractivity contribution in [1.82, 2.24) is 5.32 Å². The fraction of sp³-hybridized carbons (Fsp3) is 0.462. The maximum absolute atomic E-state index is 11.4. The van der Waals surface area contributed by atoms with Gasteiger partial charge in [0.1, 0.15) is 6.61 Å². The molecule has 0 spiro atoms. The summed E-state index contributed by atoms with van der Waals surface area (Å²) in [6.07, 6.45) is 0. The first kappa shape index (κ1) is 12.7. The van der Waals surface area contributed by atoms with Crippen LogP contribution < -0.4 is 5.32 Å². The summed E-state index contributed by atoms with van der Waals surface area (Å²) in [7, 11) is 0. The fourth-order valence-electron chi connectivity index (χ4n) is 1.13. The average molecular weight is 221 g/mol. The minimum Gasteiger partial charge on any atom is -0.366 e. The van der Waals surface area contributed by atoms with E-state index in [9.17, 15) is 4.79 Å². The molecular weight excluding hydrogens is 202 g/mol. The number of carbonyl (C=O) groups excluding carboxylic acids is 1. The van der Waals surface area contributed by atoms with Crippen LogP contribution in [0.25, 0.3) is 0 Å². The molecule has 3 nitrogen and oxygen atoms in total. The Labute approximate surface area is 96.8 Å². The zero-order valence-electron chi connectivity index (χ0n) is 10.1. The van der Waals surface area contributed by atoms with Crippen molar-refractivity contribution in [2.45, 2.75) is 32.9 Å². The molecule has 0 aliphatic rings. The smallest absolute Gasteiger partial charge is 0.246 e. The summed E-state index contributed by atoms with van der Waals surface area (Å²) < 4.78 is 5.37. The Kier molecular flexibility index (Phi) is 4.50. The van der Waals surface area contributed by atoms with Crippen LogP contribution in [0.2, 0.25) is 0 Å². The molecular formula is C13H19NO2. The highest BCUT2D eigenvalue weighted by Gasteiger charge is 2.12. The zero-order chi connectivity index (χ0) is 12.0. The summed E-state index contributed by atoms with van der Waals surface area (Å²) in [5.41, 5.74) is 0.816. The van der Waals surface area contributed by atoms with Crippen LogP contribution in [0.1, 0.15) is 26.3 Å². The van der Waals surface area contributed by atoms with Crippen molar-refractivity contribution in [2.75, 3.05) is 6.61 Å². The lowest BCUT2D eigenvalue weighted by molar-refractivity contribution is -0.130. The maximum atomic E-state index is 11.4. The molecule has 0 aromatic heterocycles. The van der Waals surface area contributed by atoms with E-state index in [0.29, 0.717) is 6.54 Å². The Balaban J connectivity index is 2.26. The van der Waals surface area contributed by atoms with Gasteiger partial charge in [0.05, 0.1) is 5.60 Å². The van der Waals surface area contributed by atoms with Gasteiger partial charge in [-0.2, -0.15) is 0 Å². The lowest BCUT2D eigenvalue weighted by atomic mass is 10.2. The van der Waals surface area contributed by atoms with Crippen molar-refractivity contribution in [3.05, 3.63) is 35.9 Å². The molecule has 16 heavy (non-hydrogen) atoms. The van der Waals surface area contributed by atoms with E-state index in [1.165, 1.54) is 0 Å². The monoisotopic (exact) mass is 221 g/mol. The summed E-state index contributed by atoms with van der Waals surface area (Å²) >= 11 is 0. The molecule has 0 fully saturated rings. The second-order valence-corrected chi connectivity index (χ2v) is 4.66. The molecule has 0 atom stereocenters. The topological polar surface area (TPSA) is 38.3 Å². The second-order valence-electron chi connectivity index (χ2n) is 4.66. The quantitative estimate of drug-likeness (QED) is 0.845. The minimum atomic E-state index is -0.274. The molecule has 1 rings (SSSR count). The zero-order valence-corrected chi connectivity index (χ0v) is 10.1. The van der Waals surface area contributed by atoms with E-state index in [1.54, 1.807) is 0 Å². The molecule has 0 radical (unpaired) electrons. The molecule has 0 heterocycles. The van der Waals surface area contributed by atoms with Gasteiger partial charge in [0.15, 0.2) is 0 Å². The summed E-state index contributed by atoms with van der Waals surface area (Å²) in [5.74, 6) is -0.0845. The Bertz CT molecular complexity index is 328. The average Bonchev–Trinajstić information content (AvgIpc) is 2.24. The Morgan fingerprint density at radius 2 is 1.88 bits per heavy atom. The molecule has 0 aliphatic heterocycles. The third-order valence-corrected chi connectivity index (χ3v) is 1.97. The van der Waals surface area contributed by atoms with Crippen molar-refractivity contribution >= 4 is 5.91 Å². The molecule has 0 saturated heterocycles. The van der Waals surface area contributed by atoms with Crippen molar-refractivity contribution < 1.29 is 9.53 Å². The van der Waals surface area contributed by atoms with Crippen LogP contribution in [0.15, 0.2) is 30.3 Å². The van der Waals surface area contributed by atoms with Crippen molar-refractivity contribution in [3.8, 4) is 0 Å². The second kappa shape index (κ2) is 5.66. The molecule has 0 aliphatic carbocycles. The van der Waals surface area contributed by atoms with Crippen LogP contribution in [-0.2, 0) is 16.1 Å². The van der Waals surface area contributed by atoms with Gasteiger partial charge in [-0.25, -0.2) is 0 Å². The van der Waals surface area contributed by atoms with E-state index in [4.69, 9.17) is 4.74 Å². The number of carbonyl (C=O) groups is 1. The normalized spacial score (nSPS) is 11.2. The van der Waals surface area contributed by atoms with Gasteiger partial charge in [-0.15, -0.1) is 0 Å². The van der Waals surface area contributed by atoms with E-state index in [-0.39, 0.29) is 18.1 Å². The van der Waals surface area contributed by atoms with Gasteiger partial charge in [0, 0.05) is 6.54 Å². The minimum absolute atomic E-state index is 0.0845. The lowest BCUT2D eigenvalue weighted by Gasteiger charge is -2.18. The number of amides is 1. The molecule has 1 aromatic rings. The van der Waals surface area contributed by atoms with Crippen molar-refractivity contribution in [3.63, 3.8) is 0 Å². The van der Waals surface area contributed by atoms with Gasteiger partial charge in [-0.05, 0) is 26.3 Å². The van der Waals surface area contributed by atoms with E-state index in [1.807, 2.05) is 51.1 Å². The predicted octanol–water partition coefficient (Wildman–Crippen LogP) is 2.12. The van der Waals surface area contributed by atoms with Gasteiger partial charge >= 0.3 is 0 Å². The molecule has 1 N–H and O–H groups in total. The molecule has 88 valence electrons. The Morgan fingerprint density at radius 1 is 1.25 bits per heavy atom. The van der Waals surface area contributed by atoms with Gasteiger partial charge in [-0.1, -0.05) is 30.3 Å². The first-order valence-corrected chi connectivity index (χ1v) is 5.42. The molecule has 0 bridgehead atoms. The summed E-state index contributed by atoms with van der Waals surface area (Å²) in [4.78, 5) is 11.4. The highest BCUT2D eigenvalue weighted by Crippen LogP contribution is 2.05. The summed E-state index contributed by atoms with van der Waals surface area (Å²) in [6.45, 7) is 6.44. The fourth-order valence-corrected chi connectivity index (χ4v) is 1.13. The van der Waals surface area contributed by atoms with E-state index in [0.717, 1.165) is 5.56 Å².